The van der Waals surface area contributed by atoms with Crippen molar-refractivity contribution in [2.24, 2.45) is 5.92 Å². The Morgan fingerprint density at radius 3 is 2.73 bits per heavy atom. The van der Waals surface area contributed by atoms with Gasteiger partial charge in [0.2, 0.25) is 5.91 Å². The lowest BCUT2D eigenvalue weighted by atomic mass is 9.87. The third kappa shape index (κ3) is 4.72. The minimum Gasteiger partial charge on any atom is -0.497 e. The molecule has 6 nitrogen and oxygen atoms in total. The molecule has 3 rings (SSSR count). The van der Waals surface area contributed by atoms with Crippen molar-refractivity contribution < 1.29 is 9.53 Å². The summed E-state index contributed by atoms with van der Waals surface area (Å²) in [7, 11) is 1.63. The molecule has 26 heavy (non-hydrogen) atoms. The first kappa shape index (κ1) is 18.6. The number of rotatable bonds is 7. The van der Waals surface area contributed by atoms with Crippen LogP contribution in [-0.2, 0) is 11.3 Å². The van der Waals surface area contributed by atoms with Gasteiger partial charge in [0.25, 0.3) is 0 Å². The molecule has 2 N–H and O–H groups in total. The van der Waals surface area contributed by atoms with Gasteiger partial charge in [-0.05, 0) is 48.8 Å². The van der Waals surface area contributed by atoms with E-state index in [2.05, 4.69) is 15.5 Å². The van der Waals surface area contributed by atoms with Crippen LogP contribution in [0.5, 0.6) is 5.75 Å². The lowest BCUT2D eigenvalue weighted by Gasteiger charge is -2.21. The van der Waals surface area contributed by atoms with Crippen molar-refractivity contribution in [2.75, 3.05) is 13.7 Å². The fourth-order valence-corrected chi connectivity index (χ4v) is 3.71. The zero-order valence-electron chi connectivity index (χ0n) is 15.2. The highest BCUT2D eigenvalue weighted by molar-refractivity contribution is 7.71. The van der Waals surface area contributed by atoms with Crippen LogP contribution in [0, 0.1) is 10.7 Å². The van der Waals surface area contributed by atoms with Crippen LogP contribution in [0.3, 0.4) is 0 Å². The molecule has 0 spiro atoms. The number of H-pyrrole nitrogens is 1. The molecule has 140 valence electrons. The quantitative estimate of drug-likeness (QED) is 0.725. The average molecular weight is 375 g/mol. The van der Waals surface area contributed by atoms with Crippen LogP contribution in [0.2, 0.25) is 0 Å². The molecule has 1 heterocycles. The van der Waals surface area contributed by atoms with Crippen molar-refractivity contribution in [3.63, 3.8) is 0 Å². The smallest absolute Gasteiger partial charge is 0.240 e. The van der Waals surface area contributed by atoms with E-state index in [0.29, 0.717) is 10.6 Å². The summed E-state index contributed by atoms with van der Waals surface area (Å²) in [6.07, 6.45) is 7.67. The molecular formula is C19H26N4O2S. The Balaban J connectivity index is 1.59. The van der Waals surface area contributed by atoms with Crippen LogP contribution >= 0.6 is 12.2 Å². The van der Waals surface area contributed by atoms with Crippen LogP contribution in [0.4, 0.5) is 0 Å². The molecule has 1 aromatic heterocycles. The maximum atomic E-state index is 12.3. The van der Waals surface area contributed by atoms with Crippen molar-refractivity contribution >= 4 is 18.1 Å². The van der Waals surface area contributed by atoms with Gasteiger partial charge in [-0.25, -0.2) is 0 Å². The standard InChI is InChI=1S/C19H26N4O2S/c1-25-16-9-7-15(8-10-16)18-21-22-19(26)23(18)13-17(24)20-12-11-14-5-3-2-4-6-14/h7-10,14H,2-6,11-13H2,1H3,(H,20,24)(H,22,26). The third-order valence-electron chi connectivity index (χ3n) is 5.01. The first-order valence-electron chi connectivity index (χ1n) is 9.23. The summed E-state index contributed by atoms with van der Waals surface area (Å²) in [4.78, 5) is 12.3. The van der Waals surface area contributed by atoms with E-state index in [0.717, 1.165) is 30.2 Å². The number of ether oxygens (including phenoxy) is 1. The first-order chi connectivity index (χ1) is 12.7. The molecule has 2 aromatic rings. The number of aromatic amines is 1. The first-order valence-corrected chi connectivity index (χ1v) is 9.64. The number of nitrogens with one attached hydrogen (secondary N) is 2. The number of carbonyl (C=O) groups excluding carboxylic acids is 1. The molecule has 1 saturated carbocycles. The van der Waals surface area contributed by atoms with Gasteiger partial charge in [0.05, 0.1) is 7.11 Å². The highest BCUT2D eigenvalue weighted by Crippen LogP contribution is 2.25. The van der Waals surface area contributed by atoms with E-state index in [1.54, 1.807) is 11.7 Å². The monoisotopic (exact) mass is 374 g/mol. The lowest BCUT2D eigenvalue weighted by Crippen LogP contribution is -2.30. The number of carbonyl (C=O) groups is 1. The van der Waals surface area contributed by atoms with Crippen LogP contribution < -0.4 is 10.1 Å². The maximum Gasteiger partial charge on any atom is 0.240 e. The van der Waals surface area contributed by atoms with Gasteiger partial charge in [0.15, 0.2) is 10.6 Å². The van der Waals surface area contributed by atoms with Gasteiger partial charge >= 0.3 is 0 Å². The zero-order chi connectivity index (χ0) is 18.4. The molecule has 0 bridgehead atoms. The van der Waals surface area contributed by atoms with Crippen LogP contribution in [-0.4, -0.2) is 34.3 Å². The van der Waals surface area contributed by atoms with E-state index in [1.807, 2.05) is 24.3 Å². The molecule has 0 aliphatic heterocycles. The van der Waals surface area contributed by atoms with Crippen LogP contribution in [0.15, 0.2) is 24.3 Å². The molecule has 1 aromatic carbocycles. The van der Waals surface area contributed by atoms with Gasteiger partial charge in [-0.3, -0.25) is 14.5 Å². The van der Waals surface area contributed by atoms with Crippen molar-refractivity contribution in [2.45, 2.75) is 45.1 Å². The molecule has 1 amide bonds. The molecule has 1 aliphatic carbocycles. The Bertz CT molecular complexity index is 776. The number of hydrogen-bond acceptors (Lipinski definition) is 4. The lowest BCUT2D eigenvalue weighted by molar-refractivity contribution is -0.121. The summed E-state index contributed by atoms with van der Waals surface area (Å²) >= 11 is 5.30. The van der Waals surface area contributed by atoms with E-state index in [1.165, 1.54) is 32.1 Å². The average Bonchev–Trinajstić information content (AvgIpc) is 3.03. The number of benzene rings is 1. The fourth-order valence-electron chi connectivity index (χ4n) is 3.52. The van der Waals surface area contributed by atoms with Crippen molar-refractivity contribution in [3.8, 4) is 17.1 Å². The Kier molecular flexibility index (Phi) is 6.44. The summed E-state index contributed by atoms with van der Waals surface area (Å²) in [6.45, 7) is 0.897. The minimum atomic E-state index is -0.0342. The van der Waals surface area contributed by atoms with Gasteiger partial charge in [0.1, 0.15) is 12.3 Å². The Morgan fingerprint density at radius 1 is 1.31 bits per heavy atom. The second kappa shape index (κ2) is 8.98. The summed E-state index contributed by atoms with van der Waals surface area (Å²) < 4.78 is 7.35. The molecule has 1 aliphatic rings. The summed E-state index contributed by atoms with van der Waals surface area (Å²) in [5.74, 6) is 2.15. The topological polar surface area (TPSA) is 71.9 Å². The van der Waals surface area contributed by atoms with Crippen molar-refractivity contribution in [1.82, 2.24) is 20.1 Å². The zero-order valence-corrected chi connectivity index (χ0v) is 16.0. The number of amides is 1. The SMILES string of the molecule is COc1ccc(-c2n[nH]c(=S)n2CC(=O)NCCC2CCCCC2)cc1. The van der Waals surface area contributed by atoms with Crippen LogP contribution in [0.1, 0.15) is 38.5 Å². The van der Waals surface area contributed by atoms with Gasteiger partial charge in [-0.1, -0.05) is 32.1 Å². The van der Waals surface area contributed by atoms with E-state index >= 15 is 0 Å². The van der Waals surface area contributed by atoms with Gasteiger partial charge < -0.3 is 10.1 Å². The largest absolute Gasteiger partial charge is 0.497 e. The van der Waals surface area contributed by atoms with E-state index in [-0.39, 0.29) is 12.5 Å². The normalized spacial score (nSPS) is 15.0. The van der Waals surface area contributed by atoms with Gasteiger partial charge in [-0.15, -0.1) is 0 Å². The van der Waals surface area contributed by atoms with E-state index < -0.39 is 0 Å². The second-order valence-corrected chi connectivity index (χ2v) is 7.20. The van der Waals surface area contributed by atoms with Gasteiger partial charge in [0, 0.05) is 12.1 Å². The summed E-state index contributed by atoms with van der Waals surface area (Å²) in [5.41, 5.74) is 0.883. The number of nitrogens with zero attached hydrogens (tertiary/aromatic N) is 2. The van der Waals surface area contributed by atoms with Crippen molar-refractivity contribution in [3.05, 3.63) is 29.0 Å². The second-order valence-electron chi connectivity index (χ2n) is 6.81. The summed E-state index contributed by atoms with van der Waals surface area (Å²) in [6, 6.07) is 7.53. The summed E-state index contributed by atoms with van der Waals surface area (Å²) in [5, 5.41) is 10.1. The third-order valence-corrected chi connectivity index (χ3v) is 5.32. The molecule has 0 atom stereocenters. The predicted octanol–water partition coefficient (Wildman–Crippen LogP) is 3.70. The molecule has 0 unspecified atom stereocenters. The van der Waals surface area contributed by atoms with Crippen molar-refractivity contribution in [1.29, 1.82) is 0 Å². The Labute approximate surface area is 159 Å². The fraction of sp³-hybridized carbons (Fsp3) is 0.526. The molecule has 1 fully saturated rings. The molecule has 7 heteroatoms. The van der Waals surface area contributed by atoms with Crippen LogP contribution in [0.25, 0.3) is 11.4 Å². The highest BCUT2D eigenvalue weighted by atomic mass is 32.1. The van der Waals surface area contributed by atoms with E-state index in [9.17, 15) is 4.79 Å². The number of hydrogen-bond donors (Lipinski definition) is 2. The van der Waals surface area contributed by atoms with E-state index in [4.69, 9.17) is 17.0 Å². The Morgan fingerprint density at radius 2 is 2.04 bits per heavy atom. The Hall–Kier alpha value is -2.15. The minimum absolute atomic E-state index is 0.0342. The van der Waals surface area contributed by atoms with Gasteiger partial charge in [-0.2, -0.15) is 5.10 Å². The maximum absolute atomic E-state index is 12.3. The molecule has 0 saturated heterocycles. The molecular weight excluding hydrogens is 348 g/mol. The number of aromatic nitrogens is 3. The highest BCUT2D eigenvalue weighted by Gasteiger charge is 2.15. The number of methoxy groups -OCH3 is 1. The predicted molar refractivity (Wildman–Crippen MR) is 104 cm³/mol. The molecule has 0 radical (unpaired) electrons.